The smallest absolute Gasteiger partial charge is 0.357 e. The molecule has 0 aliphatic carbocycles. The average molecular weight is 356 g/mol. The third-order valence-corrected chi connectivity index (χ3v) is 4.43. The van der Waals surface area contributed by atoms with Gasteiger partial charge in [0.05, 0.1) is 12.1 Å². The first kappa shape index (κ1) is 19.6. The van der Waals surface area contributed by atoms with Crippen molar-refractivity contribution in [2.75, 3.05) is 26.2 Å². The van der Waals surface area contributed by atoms with E-state index < -0.39 is 11.7 Å². The van der Waals surface area contributed by atoms with Crippen LogP contribution in [0.5, 0.6) is 0 Å². The van der Waals surface area contributed by atoms with Crippen molar-refractivity contribution in [3.8, 4) is 0 Å². The first-order valence-corrected chi connectivity index (χ1v) is 8.86. The number of alkyl halides is 3. The highest BCUT2D eigenvalue weighted by Gasteiger charge is 2.30. The second kappa shape index (κ2) is 9.08. The van der Waals surface area contributed by atoms with Crippen molar-refractivity contribution in [3.05, 3.63) is 35.4 Å². The molecule has 1 heterocycles. The van der Waals surface area contributed by atoms with Crippen LogP contribution < -0.4 is 10.6 Å². The van der Waals surface area contributed by atoms with Crippen LogP contribution in [0.25, 0.3) is 0 Å². The van der Waals surface area contributed by atoms with Gasteiger partial charge in [-0.05, 0) is 50.6 Å². The van der Waals surface area contributed by atoms with E-state index in [0.29, 0.717) is 24.1 Å². The molecule has 1 aliphatic heterocycles. The number of benzene rings is 1. The van der Waals surface area contributed by atoms with Crippen molar-refractivity contribution in [1.29, 1.82) is 0 Å². The highest BCUT2D eigenvalue weighted by molar-refractivity contribution is 5.79. The second-order valence-electron chi connectivity index (χ2n) is 6.20. The van der Waals surface area contributed by atoms with Gasteiger partial charge in [-0.3, -0.25) is 4.90 Å². The molecule has 1 atom stereocenters. The van der Waals surface area contributed by atoms with Crippen LogP contribution in [-0.2, 0) is 12.7 Å². The quantitative estimate of drug-likeness (QED) is 0.607. The van der Waals surface area contributed by atoms with E-state index in [1.165, 1.54) is 12.5 Å². The van der Waals surface area contributed by atoms with Gasteiger partial charge in [0.15, 0.2) is 5.96 Å². The second-order valence-corrected chi connectivity index (χ2v) is 6.20. The molecule has 1 unspecified atom stereocenters. The van der Waals surface area contributed by atoms with E-state index in [2.05, 4.69) is 27.4 Å². The molecule has 2 rings (SSSR count). The summed E-state index contributed by atoms with van der Waals surface area (Å²) in [5, 5.41) is 6.47. The molecule has 2 N–H and O–H groups in total. The number of hydrogen-bond acceptors (Lipinski definition) is 2. The first-order chi connectivity index (χ1) is 11.9. The Bertz CT molecular complexity index is 572. The maximum Gasteiger partial charge on any atom is 0.416 e. The van der Waals surface area contributed by atoms with Crippen LogP contribution in [0.15, 0.2) is 29.3 Å². The van der Waals surface area contributed by atoms with Gasteiger partial charge in [0, 0.05) is 19.1 Å². The third kappa shape index (κ3) is 5.92. The van der Waals surface area contributed by atoms with Crippen LogP contribution in [0.2, 0.25) is 0 Å². The minimum atomic E-state index is -4.32. The minimum Gasteiger partial charge on any atom is -0.357 e. The largest absolute Gasteiger partial charge is 0.416 e. The molecule has 1 aromatic carbocycles. The van der Waals surface area contributed by atoms with Gasteiger partial charge in [0.2, 0.25) is 0 Å². The van der Waals surface area contributed by atoms with Gasteiger partial charge in [-0.1, -0.05) is 19.1 Å². The number of rotatable bonds is 6. The molecule has 0 amide bonds. The summed E-state index contributed by atoms with van der Waals surface area (Å²) < 4.78 is 38.4. The molecule has 0 saturated carbocycles. The summed E-state index contributed by atoms with van der Waals surface area (Å²) in [5.41, 5.74) is -0.0919. The summed E-state index contributed by atoms with van der Waals surface area (Å²) in [6.07, 6.45) is -1.96. The summed E-state index contributed by atoms with van der Waals surface area (Å²) in [6.45, 7) is 7.99. The molecule has 1 aliphatic rings. The van der Waals surface area contributed by atoms with Gasteiger partial charge >= 0.3 is 6.18 Å². The Morgan fingerprint density at radius 1 is 1.28 bits per heavy atom. The maximum atomic E-state index is 12.8. The fraction of sp³-hybridized carbons (Fsp3) is 0.611. The molecule has 1 fully saturated rings. The summed E-state index contributed by atoms with van der Waals surface area (Å²) in [4.78, 5) is 6.86. The number of nitrogens with zero attached hydrogens (tertiary/aromatic N) is 2. The summed E-state index contributed by atoms with van der Waals surface area (Å²) in [6, 6.07) is 5.81. The van der Waals surface area contributed by atoms with Crippen LogP contribution in [0, 0.1) is 0 Å². The Morgan fingerprint density at radius 3 is 2.76 bits per heavy atom. The molecule has 0 aromatic heterocycles. The zero-order valence-corrected chi connectivity index (χ0v) is 14.9. The lowest BCUT2D eigenvalue weighted by atomic mass is 10.1. The topological polar surface area (TPSA) is 39.7 Å². The zero-order chi connectivity index (χ0) is 18.3. The monoisotopic (exact) mass is 356 g/mol. The standard InChI is InChI=1S/C18H27F3N4/c1-3-22-17(24-13-16-9-6-10-25(16)4-2)23-12-14-7-5-8-15(11-14)18(19,20)21/h5,7-8,11,16H,3-4,6,9-10,12-13H2,1-2H3,(H2,22,23,24). The molecule has 7 heteroatoms. The van der Waals surface area contributed by atoms with Gasteiger partial charge in [-0.25, -0.2) is 4.99 Å². The number of nitrogens with one attached hydrogen (secondary N) is 2. The van der Waals surface area contributed by atoms with Crippen LogP contribution in [0.3, 0.4) is 0 Å². The van der Waals surface area contributed by atoms with E-state index in [0.717, 1.165) is 38.2 Å². The number of hydrogen-bond donors (Lipinski definition) is 2. The van der Waals surface area contributed by atoms with Crippen LogP contribution >= 0.6 is 0 Å². The Morgan fingerprint density at radius 2 is 2.08 bits per heavy atom. The number of aliphatic imine (C=N–C) groups is 1. The minimum absolute atomic E-state index is 0.210. The lowest BCUT2D eigenvalue weighted by molar-refractivity contribution is -0.137. The van der Waals surface area contributed by atoms with Crippen LogP contribution in [0.1, 0.15) is 37.8 Å². The van der Waals surface area contributed by atoms with Crippen molar-refractivity contribution in [2.45, 2.75) is 45.5 Å². The molecular weight excluding hydrogens is 329 g/mol. The predicted octanol–water partition coefficient (Wildman–Crippen LogP) is 3.24. The van der Waals surface area contributed by atoms with Crippen LogP contribution in [-0.4, -0.2) is 43.1 Å². The van der Waals surface area contributed by atoms with Gasteiger partial charge < -0.3 is 10.6 Å². The molecule has 25 heavy (non-hydrogen) atoms. The van der Waals surface area contributed by atoms with Gasteiger partial charge in [0.25, 0.3) is 0 Å². The van der Waals surface area contributed by atoms with Crippen molar-refractivity contribution in [1.82, 2.24) is 15.5 Å². The molecule has 0 radical (unpaired) electrons. The van der Waals surface area contributed by atoms with E-state index in [9.17, 15) is 13.2 Å². The SMILES string of the molecule is CCNC(=NCc1cccc(C(F)(F)F)c1)NCC1CCCN1CC. The third-order valence-electron chi connectivity index (χ3n) is 4.43. The highest BCUT2D eigenvalue weighted by Crippen LogP contribution is 2.29. The zero-order valence-electron chi connectivity index (χ0n) is 14.9. The normalized spacial score (nSPS) is 19.2. The Kier molecular flexibility index (Phi) is 7.11. The van der Waals surface area contributed by atoms with Gasteiger partial charge in [-0.2, -0.15) is 13.2 Å². The van der Waals surface area contributed by atoms with E-state index >= 15 is 0 Å². The number of halogens is 3. The summed E-state index contributed by atoms with van der Waals surface area (Å²) in [7, 11) is 0. The van der Waals surface area contributed by atoms with Crippen molar-refractivity contribution >= 4 is 5.96 Å². The highest BCUT2D eigenvalue weighted by atomic mass is 19.4. The predicted molar refractivity (Wildman–Crippen MR) is 94.5 cm³/mol. The van der Waals surface area contributed by atoms with Crippen molar-refractivity contribution in [2.24, 2.45) is 4.99 Å². The van der Waals surface area contributed by atoms with Gasteiger partial charge in [0.1, 0.15) is 0 Å². The van der Waals surface area contributed by atoms with E-state index in [-0.39, 0.29) is 6.54 Å². The molecule has 1 aromatic rings. The Hall–Kier alpha value is -1.76. The lowest BCUT2D eigenvalue weighted by Gasteiger charge is -2.24. The molecule has 1 saturated heterocycles. The maximum absolute atomic E-state index is 12.8. The van der Waals surface area contributed by atoms with E-state index in [1.807, 2.05) is 6.92 Å². The summed E-state index contributed by atoms with van der Waals surface area (Å²) >= 11 is 0. The molecule has 0 bridgehead atoms. The number of likely N-dealkylation sites (tertiary alicyclic amines) is 1. The lowest BCUT2D eigenvalue weighted by Crippen LogP contribution is -2.44. The van der Waals surface area contributed by atoms with E-state index in [4.69, 9.17) is 0 Å². The fourth-order valence-electron chi connectivity index (χ4n) is 3.12. The van der Waals surface area contributed by atoms with Gasteiger partial charge in [-0.15, -0.1) is 0 Å². The molecule has 140 valence electrons. The number of likely N-dealkylation sites (N-methyl/N-ethyl adjacent to an activating group) is 1. The summed E-state index contributed by atoms with van der Waals surface area (Å²) in [5.74, 6) is 0.642. The van der Waals surface area contributed by atoms with Crippen molar-refractivity contribution in [3.63, 3.8) is 0 Å². The first-order valence-electron chi connectivity index (χ1n) is 8.86. The average Bonchev–Trinajstić information content (AvgIpc) is 3.04. The molecule has 0 spiro atoms. The molecule has 4 nitrogen and oxygen atoms in total. The number of guanidine groups is 1. The Labute approximate surface area is 147 Å². The fourth-order valence-corrected chi connectivity index (χ4v) is 3.12. The van der Waals surface area contributed by atoms with E-state index in [1.54, 1.807) is 6.07 Å². The Balaban J connectivity index is 1.97. The van der Waals surface area contributed by atoms with Crippen LogP contribution in [0.4, 0.5) is 13.2 Å². The molecular formula is C18H27F3N4. The van der Waals surface area contributed by atoms with Crippen molar-refractivity contribution < 1.29 is 13.2 Å².